The Morgan fingerprint density at radius 2 is 1.76 bits per heavy atom. The molecule has 0 bridgehead atoms. The average molecular weight is 296 g/mol. The molecule has 1 aromatic rings. The Labute approximate surface area is 129 Å². The third-order valence-corrected chi connectivity index (χ3v) is 3.22. The summed E-state index contributed by atoms with van der Waals surface area (Å²) in [5.74, 6) is 1.45. The summed E-state index contributed by atoms with van der Waals surface area (Å²) in [5, 5.41) is 14.6. The van der Waals surface area contributed by atoms with Gasteiger partial charge in [-0.15, -0.1) is 5.10 Å². The van der Waals surface area contributed by atoms with Gasteiger partial charge in [0.15, 0.2) is 0 Å². The molecule has 21 heavy (non-hydrogen) atoms. The molecule has 0 unspecified atom stereocenters. The van der Waals surface area contributed by atoms with Gasteiger partial charge in [0.2, 0.25) is 5.89 Å². The molecule has 0 amide bonds. The van der Waals surface area contributed by atoms with Crippen molar-refractivity contribution in [1.82, 2.24) is 15.5 Å². The highest BCUT2D eigenvalue weighted by molar-refractivity contribution is 5.16. The van der Waals surface area contributed by atoms with Gasteiger partial charge in [-0.05, 0) is 33.1 Å². The lowest BCUT2D eigenvalue weighted by molar-refractivity contribution is 0.383. The van der Waals surface area contributed by atoms with Crippen LogP contribution in [0.1, 0.15) is 72.6 Å². The Hall–Kier alpha value is -1.10. The first-order chi connectivity index (χ1) is 9.87. The Kier molecular flexibility index (Phi) is 7.72. The van der Waals surface area contributed by atoms with Crippen LogP contribution >= 0.6 is 0 Å². The second-order valence-electron chi connectivity index (χ2n) is 7.13. The maximum absolute atomic E-state index is 5.54. The number of unbranched alkanes of at least 4 members (excludes halogenated alkanes) is 3. The summed E-state index contributed by atoms with van der Waals surface area (Å²) in [6, 6.07) is 0.530. The molecule has 1 rings (SSSR count). The summed E-state index contributed by atoms with van der Waals surface area (Å²) in [4.78, 5) is 0. The molecular weight excluding hydrogens is 264 g/mol. The van der Waals surface area contributed by atoms with E-state index in [4.69, 9.17) is 4.42 Å². The van der Waals surface area contributed by atoms with Gasteiger partial charge in [0, 0.05) is 12.1 Å². The van der Waals surface area contributed by atoms with Gasteiger partial charge in [0.05, 0.1) is 6.54 Å². The van der Waals surface area contributed by atoms with E-state index >= 15 is 0 Å². The summed E-state index contributed by atoms with van der Waals surface area (Å²) in [6.07, 6.45) is 6.38. The highest BCUT2D eigenvalue weighted by Gasteiger charge is 2.11. The van der Waals surface area contributed by atoms with Crippen LogP contribution in [0.4, 0.5) is 6.01 Å². The molecule has 0 aliphatic rings. The highest BCUT2D eigenvalue weighted by atomic mass is 16.4. The largest absolute Gasteiger partial charge is 0.407 e. The number of nitrogens with one attached hydrogen (secondary N) is 2. The molecule has 0 aliphatic heterocycles. The molecule has 1 heterocycles. The van der Waals surface area contributed by atoms with Gasteiger partial charge < -0.3 is 15.1 Å². The number of anilines is 1. The molecule has 0 radical (unpaired) electrons. The third-order valence-electron chi connectivity index (χ3n) is 3.22. The zero-order valence-corrected chi connectivity index (χ0v) is 14.3. The van der Waals surface area contributed by atoms with Crippen LogP contribution in [-0.4, -0.2) is 22.3 Å². The predicted octanol–water partition coefficient (Wildman–Crippen LogP) is 3.98. The third kappa shape index (κ3) is 9.45. The van der Waals surface area contributed by atoms with Crippen molar-refractivity contribution >= 4 is 6.01 Å². The number of aromatic nitrogens is 2. The molecule has 0 saturated heterocycles. The second-order valence-corrected chi connectivity index (χ2v) is 7.13. The summed E-state index contributed by atoms with van der Waals surface area (Å²) in [6.45, 7) is 12.4. The van der Waals surface area contributed by atoms with Crippen molar-refractivity contribution in [2.45, 2.75) is 78.8 Å². The zero-order valence-electron chi connectivity index (χ0n) is 14.3. The lowest BCUT2D eigenvalue weighted by atomic mass is 10.0. The van der Waals surface area contributed by atoms with E-state index in [0.29, 0.717) is 18.5 Å². The molecule has 0 aromatic carbocycles. The molecule has 0 aliphatic carbocycles. The minimum atomic E-state index is 0.0536. The lowest BCUT2D eigenvalue weighted by Crippen LogP contribution is -2.35. The zero-order chi connectivity index (χ0) is 15.7. The fourth-order valence-corrected chi connectivity index (χ4v) is 1.96. The second kappa shape index (κ2) is 9.03. The van der Waals surface area contributed by atoms with E-state index in [1.807, 2.05) is 0 Å². The Bertz CT molecular complexity index is 382. The molecule has 0 saturated carbocycles. The topological polar surface area (TPSA) is 63.0 Å². The van der Waals surface area contributed by atoms with Gasteiger partial charge >= 0.3 is 6.01 Å². The molecule has 5 nitrogen and oxygen atoms in total. The predicted molar refractivity (Wildman–Crippen MR) is 87.3 cm³/mol. The summed E-state index contributed by atoms with van der Waals surface area (Å²) >= 11 is 0. The van der Waals surface area contributed by atoms with Gasteiger partial charge in [-0.3, -0.25) is 0 Å². The van der Waals surface area contributed by atoms with Crippen LogP contribution in [0.25, 0.3) is 0 Å². The van der Waals surface area contributed by atoms with Crippen LogP contribution in [0.15, 0.2) is 4.42 Å². The summed E-state index contributed by atoms with van der Waals surface area (Å²) < 4.78 is 5.54. The normalized spacial score (nSPS) is 12.1. The molecule has 5 heteroatoms. The molecule has 0 spiro atoms. The standard InChI is InChI=1S/C16H32N4O/c1-13(2)10-8-6-7-9-11-17-15-20-19-14(21-15)12-18-16(3,4)5/h13,18H,6-12H2,1-5H3,(H,17,20). The first kappa shape index (κ1) is 18.0. The summed E-state index contributed by atoms with van der Waals surface area (Å²) in [5.41, 5.74) is 0.0536. The highest BCUT2D eigenvalue weighted by Crippen LogP contribution is 2.11. The minimum Gasteiger partial charge on any atom is -0.407 e. The van der Waals surface area contributed by atoms with E-state index in [2.05, 4.69) is 55.4 Å². The fourth-order valence-electron chi connectivity index (χ4n) is 1.96. The van der Waals surface area contributed by atoms with Crippen molar-refractivity contribution in [2.24, 2.45) is 5.92 Å². The molecule has 0 atom stereocenters. The van der Waals surface area contributed by atoms with Crippen LogP contribution in [0.3, 0.4) is 0 Å². The summed E-state index contributed by atoms with van der Waals surface area (Å²) in [7, 11) is 0. The lowest BCUT2D eigenvalue weighted by Gasteiger charge is -2.18. The van der Waals surface area contributed by atoms with Crippen molar-refractivity contribution in [1.29, 1.82) is 0 Å². The average Bonchev–Trinajstić information content (AvgIpc) is 2.82. The molecule has 122 valence electrons. The van der Waals surface area contributed by atoms with Gasteiger partial charge in [-0.1, -0.05) is 44.6 Å². The van der Waals surface area contributed by atoms with E-state index in [1.165, 1.54) is 25.7 Å². The number of nitrogens with zero attached hydrogens (tertiary/aromatic N) is 2. The maximum Gasteiger partial charge on any atom is 0.315 e. The quantitative estimate of drug-likeness (QED) is 0.639. The van der Waals surface area contributed by atoms with Crippen molar-refractivity contribution in [2.75, 3.05) is 11.9 Å². The monoisotopic (exact) mass is 296 g/mol. The first-order valence-corrected chi connectivity index (χ1v) is 8.18. The SMILES string of the molecule is CC(C)CCCCCCNc1nnc(CNC(C)(C)C)o1. The molecular formula is C16H32N4O. The van der Waals surface area contributed by atoms with E-state index in [-0.39, 0.29) is 5.54 Å². The Morgan fingerprint density at radius 1 is 1.05 bits per heavy atom. The van der Waals surface area contributed by atoms with Crippen molar-refractivity contribution < 1.29 is 4.42 Å². The molecule has 0 fully saturated rings. The van der Waals surface area contributed by atoms with Crippen LogP contribution < -0.4 is 10.6 Å². The van der Waals surface area contributed by atoms with E-state index in [9.17, 15) is 0 Å². The van der Waals surface area contributed by atoms with Gasteiger partial charge in [0.1, 0.15) is 0 Å². The van der Waals surface area contributed by atoms with Gasteiger partial charge in [-0.25, -0.2) is 0 Å². The number of hydrogen-bond donors (Lipinski definition) is 2. The van der Waals surface area contributed by atoms with Crippen molar-refractivity contribution in [3.8, 4) is 0 Å². The van der Waals surface area contributed by atoms with E-state index in [1.54, 1.807) is 0 Å². The smallest absolute Gasteiger partial charge is 0.315 e. The fraction of sp³-hybridized carbons (Fsp3) is 0.875. The molecule has 1 aromatic heterocycles. The van der Waals surface area contributed by atoms with E-state index < -0.39 is 0 Å². The van der Waals surface area contributed by atoms with Crippen LogP contribution in [-0.2, 0) is 6.54 Å². The van der Waals surface area contributed by atoms with Crippen molar-refractivity contribution in [3.05, 3.63) is 5.89 Å². The van der Waals surface area contributed by atoms with Crippen LogP contribution in [0, 0.1) is 5.92 Å². The van der Waals surface area contributed by atoms with Gasteiger partial charge in [0.25, 0.3) is 0 Å². The van der Waals surface area contributed by atoms with Gasteiger partial charge in [-0.2, -0.15) is 0 Å². The maximum atomic E-state index is 5.54. The number of hydrogen-bond acceptors (Lipinski definition) is 5. The van der Waals surface area contributed by atoms with Crippen LogP contribution in [0.5, 0.6) is 0 Å². The first-order valence-electron chi connectivity index (χ1n) is 8.18. The Balaban J connectivity index is 2.09. The van der Waals surface area contributed by atoms with E-state index in [0.717, 1.165) is 18.9 Å². The van der Waals surface area contributed by atoms with Crippen molar-refractivity contribution in [3.63, 3.8) is 0 Å². The molecule has 2 N–H and O–H groups in total. The Morgan fingerprint density at radius 3 is 2.43 bits per heavy atom. The number of rotatable bonds is 10. The van der Waals surface area contributed by atoms with Crippen LogP contribution in [0.2, 0.25) is 0 Å². The minimum absolute atomic E-state index is 0.0536.